The van der Waals surface area contributed by atoms with E-state index in [0.29, 0.717) is 6.54 Å². The third-order valence-electron chi connectivity index (χ3n) is 2.23. The van der Waals surface area contributed by atoms with Crippen LogP contribution in [-0.2, 0) is 16.1 Å². The first kappa shape index (κ1) is 13.5. The fraction of sp³-hybridized carbons (Fsp3) is 0.462. The highest BCUT2D eigenvalue weighted by molar-refractivity contribution is 5.75. The molecule has 1 aromatic carbocycles. The lowest BCUT2D eigenvalue weighted by molar-refractivity contribution is -0.160. The smallest absolute Gasteiger partial charge is 0.329 e. The summed E-state index contributed by atoms with van der Waals surface area (Å²) in [6.07, 6.45) is 0.734. The van der Waals surface area contributed by atoms with Crippen LogP contribution in [0.5, 0.6) is 5.75 Å². The lowest BCUT2D eigenvalue weighted by Crippen LogP contribution is -2.30. The maximum absolute atomic E-state index is 11.4. The van der Waals surface area contributed by atoms with E-state index in [-0.39, 0.29) is 11.7 Å². The molecule has 0 unspecified atom stereocenters. The van der Waals surface area contributed by atoms with Crippen molar-refractivity contribution < 1.29 is 14.7 Å². The van der Waals surface area contributed by atoms with E-state index in [1.807, 2.05) is 12.1 Å². The zero-order valence-electron chi connectivity index (χ0n) is 10.5. The Morgan fingerprint density at radius 2 is 1.88 bits per heavy atom. The van der Waals surface area contributed by atoms with E-state index in [1.54, 1.807) is 32.9 Å². The van der Waals surface area contributed by atoms with Gasteiger partial charge in [-0.2, -0.15) is 5.48 Å². The molecular weight excluding hydrogens is 218 g/mol. The van der Waals surface area contributed by atoms with Crippen LogP contribution in [0.25, 0.3) is 0 Å². The van der Waals surface area contributed by atoms with Crippen LogP contribution in [0.3, 0.4) is 0 Å². The van der Waals surface area contributed by atoms with Crippen LogP contribution in [0, 0.1) is 5.41 Å². The zero-order chi connectivity index (χ0) is 12.9. The summed E-state index contributed by atoms with van der Waals surface area (Å²) in [7, 11) is 0. The van der Waals surface area contributed by atoms with Gasteiger partial charge in [0, 0.05) is 6.54 Å². The fourth-order valence-corrected chi connectivity index (χ4v) is 1.13. The van der Waals surface area contributed by atoms with E-state index in [0.717, 1.165) is 12.0 Å². The van der Waals surface area contributed by atoms with Crippen LogP contribution < -0.4 is 5.48 Å². The van der Waals surface area contributed by atoms with E-state index in [9.17, 15) is 4.79 Å². The number of hydrogen-bond donors (Lipinski definition) is 2. The summed E-state index contributed by atoms with van der Waals surface area (Å²) in [5.41, 5.74) is 3.22. The van der Waals surface area contributed by atoms with Gasteiger partial charge in [0.2, 0.25) is 0 Å². The van der Waals surface area contributed by atoms with E-state index in [2.05, 4.69) is 5.48 Å². The van der Waals surface area contributed by atoms with Crippen LogP contribution in [-0.4, -0.2) is 17.6 Å². The SMILES string of the molecule is CC(C)(C)C(=O)ONCCc1ccc(O)cc1. The fourth-order valence-electron chi connectivity index (χ4n) is 1.13. The molecule has 0 bridgehead atoms. The number of rotatable bonds is 4. The highest BCUT2D eigenvalue weighted by Crippen LogP contribution is 2.14. The van der Waals surface area contributed by atoms with Crippen LogP contribution in [0.2, 0.25) is 0 Å². The van der Waals surface area contributed by atoms with Gasteiger partial charge in [0.15, 0.2) is 0 Å². The molecule has 0 fully saturated rings. The number of phenols is 1. The molecule has 1 aromatic rings. The minimum atomic E-state index is -0.495. The van der Waals surface area contributed by atoms with Crippen molar-refractivity contribution in [2.24, 2.45) is 5.41 Å². The second kappa shape index (κ2) is 5.68. The first-order valence-electron chi connectivity index (χ1n) is 5.61. The van der Waals surface area contributed by atoms with Gasteiger partial charge in [0.1, 0.15) is 5.75 Å². The third kappa shape index (κ3) is 4.87. The summed E-state index contributed by atoms with van der Waals surface area (Å²) in [6.45, 7) is 5.96. The molecule has 1 rings (SSSR count). The van der Waals surface area contributed by atoms with Gasteiger partial charge in [-0.1, -0.05) is 12.1 Å². The molecule has 0 saturated heterocycles. The van der Waals surface area contributed by atoms with Gasteiger partial charge in [-0.15, -0.1) is 0 Å². The van der Waals surface area contributed by atoms with E-state index in [4.69, 9.17) is 9.94 Å². The molecule has 17 heavy (non-hydrogen) atoms. The predicted molar refractivity (Wildman–Crippen MR) is 65.4 cm³/mol. The van der Waals surface area contributed by atoms with Gasteiger partial charge < -0.3 is 9.94 Å². The third-order valence-corrected chi connectivity index (χ3v) is 2.23. The Hall–Kier alpha value is -1.55. The second-order valence-corrected chi connectivity index (χ2v) is 4.95. The highest BCUT2D eigenvalue weighted by Gasteiger charge is 2.23. The van der Waals surface area contributed by atoms with Crippen LogP contribution in [0.15, 0.2) is 24.3 Å². The molecule has 0 radical (unpaired) electrons. The van der Waals surface area contributed by atoms with Crippen molar-refractivity contribution in [2.75, 3.05) is 6.54 Å². The molecular formula is C13H19NO3. The summed E-state index contributed by atoms with van der Waals surface area (Å²) < 4.78 is 0. The summed E-state index contributed by atoms with van der Waals surface area (Å²) in [5.74, 6) is -0.0240. The first-order valence-corrected chi connectivity index (χ1v) is 5.61. The molecule has 0 atom stereocenters. The lowest BCUT2D eigenvalue weighted by Gasteiger charge is -2.16. The summed E-state index contributed by atoms with van der Waals surface area (Å²) in [6, 6.07) is 6.94. The Labute approximate surface area is 102 Å². The predicted octanol–water partition coefficient (Wildman–Crippen LogP) is 2.03. The van der Waals surface area contributed by atoms with Crippen molar-refractivity contribution in [2.45, 2.75) is 27.2 Å². The number of carbonyl (C=O) groups excluding carboxylic acids is 1. The van der Waals surface area contributed by atoms with Gasteiger partial charge in [-0.3, -0.25) is 0 Å². The van der Waals surface area contributed by atoms with Crippen molar-refractivity contribution in [3.8, 4) is 5.75 Å². The van der Waals surface area contributed by atoms with Gasteiger partial charge in [-0.25, -0.2) is 4.79 Å². The average molecular weight is 237 g/mol. The minimum absolute atomic E-state index is 0.251. The summed E-state index contributed by atoms with van der Waals surface area (Å²) >= 11 is 0. The largest absolute Gasteiger partial charge is 0.508 e. The molecule has 4 heteroatoms. The normalized spacial score (nSPS) is 11.2. The van der Waals surface area contributed by atoms with Gasteiger partial charge in [0.25, 0.3) is 0 Å². The number of nitrogens with one attached hydrogen (secondary N) is 1. The number of carbonyl (C=O) groups is 1. The molecule has 0 aliphatic rings. The number of phenolic OH excluding ortho intramolecular Hbond substituents is 1. The molecule has 0 aromatic heterocycles. The number of aromatic hydroxyl groups is 1. The second-order valence-electron chi connectivity index (χ2n) is 4.95. The molecule has 0 heterocycles. The molecule has 2 N–H and O–H groups in total. The average Bonchev–Trinajstić information content (AvgIpc) is 2.25. The first-order chi connectivity index (χ1) is 7.89. The number of benzene rings is 1. The van der Waals surface area contributed by atoms with Crippen LogP contribution in [0.1, 0.15) is 26.3 Å². The molecule has 0 spiro atoms. The zero-order valence-corrected chi connectivity index (χ0v) is 10.5. The van der Waals surface area contributed by atoms with Gasteiger partial charge >= 0.3 is 5.97 Å². The highest BCUT2D eigenvalue weighted by atomic mass is 16.7. The Balaban J connectivity index is 2.25. The summed E-state index contributed by atoms with van der Waals surface area (Å²) in [5, 5.41) is 9.11. The lowest BCUT2D eigenvalue weighted by atomic mass is 9.98. The maximum Gasteiger partial charge on any atom is 0.329 e. The molecule has 0 aliphatic carbocycles. The molecule has 0 amide bonds. The standard InChI is InChI=1S/C13H19NO3/c1-13(2,3)12(16)17-14-9-8-10-4-6-11(15)7-5-10/h4-7,14-15H,8-9H2,1-3H3. The van der Waals surface area contributed by atoms with Gasteiger partial charge in [-0.05, 0) is 44.9 Å². The van der Waals surface area contributed by atoms with Crippen LogP contribution >= 0.6 is 0 Å². The number of hydroxylamine groups is 1. The number of hydrogen-bond acceptors (Lipinski definition) is 4. The summed E-state index contributed by atoms with van der Waals surface area (Å²) in [4.78, 5) is 16.3. The molecule has 94 valence electrons. The van der Waals surface area contributed by atoms with E-state index >= 15 is 0 Å². The minimum Gasteiger partial charge on any atom is -0.508 e. The van der Waals surface area contributed by atoms with Crippen molar-refractivity contribution >= 4 is 5.97 Å². The van der Waals surface area contributed by atoms with Crippen molar-refractivity contribution in [3.63, 3.8) is 0 Å². The molecule has 4 nitrogen and oxygen atoms in total. The van der Waals surface area contributed by atoms with Crippen molar-refractivity contribution in [1.82, 2.24) is 5.48 Å². The van der Waals surface area contributed by atoms with Crippen molar-refractivity contribution in [3.05, 3.63) is 29.8 Å². The molecule has 0 aliphatic heterocycles. The Bertz CT molecular complexity index is 365. The van der Waals surface area contributed by atoms with E-state index in [1.165, 1.54) is 0 Å². The topological polar surface area (TPSA) is 58.6 Å². The van der Waals surface area contributed by atoms with Gasteiger partial charge in [0.05, 0.1) is 5.41 Å². The maximum atomic E-state index is 11.4. The Morgan fingerprint density at radius 1 is 1.29 bits per heavy atom. The van der Waals surface area contributed by atoms with Crippen molar-refractivity contribution in [1.29, 1.82) is 0 Å². The van der Waals surface area contributed by atoms with Crippen LogP contribution in [0.4, 0.5) is 0 Å². The monoisotopic (exact) mass is 237 g/mol. The van der Waals surface area contributed by atoms with E-state index < -0.39 is 5.41 Å². The Kier molecular flexibility index (Phi) is 4.52. The quantitative estimate of drug-likeness (QED) is 0.621. The molecule has 0 saturated carbocycles. The Morgan fingerprint density at radius 3 is 2.41 bits per heavy atom.